The average molecular weight is 262 g/mol. The first-order chi connectivity index (χ1) is 9.18. The number of nitrogens with zero attached hydrogens (tertiary/aromatic N) is 2. The first kappa shape index (κ1) is 14.0. The van der Waals surface area contributed by atoms with Crippen molar-refractivity contribution in [2.45, 2.75) is 12.5 Å². The predicted octanol–water partition coefficient (Wildman–Crippen LogP) is 0.448. The van der Waals surface area contributed by atoms with Crippen molar-refractivity contribution >= 4 is 11.6 Å². The van der Waals surface area contributed by atoms with Crippen molar-refractivity contribution in [1.82, 2.24) is 15.8 Å². The Hall–Kier alpha value is -1.43. The van der Waals surface area contributed by atoms with Gasteiger partial charge in [-0.05, 0) is 32.6 Å². The maximum atomic E-state index is 12.6. The van der Waals surface area contributed by atoms with Gasteiger partial charge in [0.05, 0.1) is 0 Å². The summed E-state index contributed by atoms with van der Waals surface area (Å²) in [5, 5.41) is 0. The molecule has 0 spiro atoms. The molecule has 0 aliphatic carbocycles. The molecule has 0 radical (unpaired) electrons. The molecule has 1 aliphatic heterocycles. The van der Waals surface area contributed by atoms with Crippen LogP contribution in [0, 0.1) is 0 Å². The van der Waals surface area contributed by atoms with Gasteiger partial charge in [0.1, 0.15) is 6.04 Å². The van der Waals surface area contributed by atoms with Gasteiger partial charge in [-0.25, -0.2) is 5.43 Å². The Morgan fingerprint density at radius 2 is 2.00 bits per heavy atom. The number of anilines is 1. The number of nitrogens with one attached hydrogen (secondary N) is 2. The fourth-order valence-corrected chi connectivity index (χ4v) is 2.13. The third-order valence-corrected chi connectivity index (χ3v) is 3.24. The summed E-state index contributed by atoms with van der Waals surface area (Å²) in [6.07, 6.45) is 0.837. The van der Waals surface area contributed by atoms with Crippen molar-refractivity contribution in [3.63, 3.8) is 0 Å². The SMILES string of the molecule is CN(C)CCN(C(=O)C1CCNN1)c1ccccc1. The number of hydrogen-bond acceptors (Lipinski definition) is 4. The number of para-hydroxylation sites is 1. The molecule has 104 valence electrons. The van der Waals surface area contributed by atoms with Crippen molar-refractivity contribution < 1.29 is 4.79 Å². The first-order valence-electron chi connectivity index (χ1n) is 6.68. The lowest BCUT2D eigenvalue weighted by Crippen LogP contribution is -2.47. The van der Waals surface area contributed by atoms with Gasteiger partial charge in [-0.2, -0.15) is 0 Å². The minimum Gasteiger partial charge on any atom is -0.310 e. The van der Waals surface area contributed by atoms with Crippen LogP contribution >= 0.6 is 0 Å². The number of hydrogen-bond donors (Lipinski definition) is 2. The molecule has 0 bridgehead atoms. The molecule has 1 aromatic carbocycles. The van der Waals surface area contributed by atoms with E-state index in [2.05, 4.69) is 15.8 Å². The zero-order valence-electron chi connectivity index (χ0n) is 11.6. The van der Waals surface area contributed by atoms with Gasteiger partial charge in [0.2, 0.25) is 5.91 Å². The van der Waals surface area contributed by atoms with E-state index >= 15 is 0 Å². The second-order valence-electron chi connectivity index (χ2n) is 5.04. The topological polar surface area (TPSA) is 47.6 Å². The van der Waals surface area contributed by atoms with Crippen LogP contribution in [0.1, 0.15) is 6.42 Å². The molecule has 1 saturated heterocycles. The number of likely N-dealkylation sites (N-methyl/N-ethyl adjacent to an activating group) is 1. The predicted molar refractivity (Wildman–Crippen MR) is 76.9 cm³/mol. The molecule has 2 N–H and O–H groups in total. The molecule has 1 atom stereocenters. The Balaban J connectivity index is 2.11. The summed E-state index contributed by atoms with van der Waals surface area (Å²) in [5.74, 6) is 0.137. The highest BCUT2D eigenvalue weighted by Gasteiger charge is 2.27. The maximum absolute atomic E-state index is 12.6. The van der Waals surface area contributed by atoms with Crippen molar-refractivity contribution in [2.75, 3.05) is 38.6 Å². The zero-order chi connectivity index (χ0) is 13.7. The van der Waals surface area contributed by atoms with Crippen molar-refractivity contribution in [3.8, 4) is 0 Å². The van der Waals surface area contributed by atoms with Crippen LogP contribution in [0.3, 0.4) is 0 Å². The van der Waals surface area contributed by atoms with E-state index in [1.165, 1.54) is 0 Å². The molecule has 0 aromatic heterocycles. The average Bonchev–Trinajstić information content (AvgIpc) is 2.93. The van der Waals surface area contributed by atoms with Gasteiger partial charge in [-0.3, -0.25) is 10.2 Å². The van der Waals surface area contributed by atoms with Crippen molar-refractivity contribution in [3.05, 3.63) is 30.3 Å². The van der Waals surface area contributed by atoms with E-state index < -0.39 is 0 Å². The Morgan fingerprint density at radius 3 is 2.58 bits per heavy atom. The third kappa shape index (κ3) is 3.76. The van der Waals surface area contributed by atoms with Gasteiger partial charge in [0.15, 0.2) is 0 Å². The maximum Gasteiger partial charge on any atom is 0.245 e. The molecule has 1 fully saturated rings. The highest BCUT2D eigenvalue weighted by Crippen LogP contribution is 2.15. The molecule has 1 heterocycles. The fraction of sp³-hybridized carbons (Fsp3) is 0.500. The van der Waals surface area contributed by atoms with E-state index in [-0.39, 0.29) is 11.9 Å². The largest absolute Gasteiger partial charge is 0.310 e. The summed E-state index contributed by atoms with van der Waals surface area (Å²) in [7, 11) is 4.03. The van der Waals surface area contributed by atoms with Crippen LogP contribution in [0.4, 0.5) is 5.69 Å². The van der Waals surface area contributed by atoms with E-state index in [1.54, 1.807) is 0 Å². The van der Waals surface area contributed by atoms with Crippen LogP contribution in [0.15, 0.2) is 30.3 Å². The molecule has 5 nitrogen and oxygen atoms in total. The monoisotopic (exact) mass is 262 g/mol. The van der Waals surface area contributed by atoms with Crippen LogP contribution < -0.4 is 15.8 Å². The summed E-state index contributed by atoms with van der Waals surface area (Å²) in [4.78, 5) is 16.5. The lowest BCUT2D eigenvalue weighted by Gasteiger charge is -2.27. The molecule has 5 heteroatoms. The highest BCUT2D eigenvalue weighted by molar-refractivity contribution is 5.97. The quantitative estimate of drug-likeness (QED) is 0.809. The molecule has 19 heavy (non-hydrogen) atoms. The second-order valence-corrected chi connectivity index (χ2v) is 5.04. The summed E-state index contributed by atoms with van der Waals surface area (Å²) in [6.45, 7) is 2.39. The molecule has 0 saturated carbocycles. The van der Waals surface area contributed by atoms with E-state index in [1.807, 2.05) is 49.3 Å². The van der Waals surface area contributed by atoms with Gasteiger partial charge in [-0.1, -0.05) is 18.2 Å². The van der Waals surface area contributed by atoms with Crippen LogP contribution in [-0.4, -0.2) is 50.6 Å². The van der Waals surface area contributed by atoms with E-state index in [0.717, 1.165) is 25.2 Å². The summed E-state index contributed by atoms with van der Waals surface area (Å²) in [6, 6.07) is 9.73. The number of hydrazine groups is 1. The highest BCUT2D eigenvalue weighted by atomic mass is 16.2. The smallest absolute Gasteiger partial charge is 0.245 e. The van der Waals surface area contributed by atoms with Crippen LogP contribution in [0.25, 0.3) is 0 Å². The second kappa shape index (κ2) is 6.65. The van der Waals surface area contributed by atoms with E-state index in [0.29, 0.717) is 6.54 Å². The molecule has 1 amide bonds. The number of rotatable bonds is 5. The normalized spacial score (nSPS) is 18.8. The number of benzene rings is 1. The number of amides is 1. The fourth-order valence-electron chi connectivity index (χ4n) is 2.13. The van der Waals surface area contributed by atoms with Crippen molar-refractivity contribution in [2.24, 2.45) is 0 Å². The molecular formula is C14H22N4O. The van der Waals surface area contributed by atoms with Gasteiger partial charge in [-0.15, -0.1) is 0 Å². The third-order valence-electron chi connectivity index (χ3n) is 3.24. The molecule has 1 aliphatic rings. The van der Waals surface area contributed by atoms with Gasteiger partial charge in [0.25, 0.3) is 0 Å². The Bertz CT molecular complexity index is 401. The molecular weight excluding hydrogens is 240 g/mol. The van der Waals surface area contributed by atoms with Crippen molar-refractivity contribution in [1.29, 1.82) is 0 Å². The molecule has 2 rings (SSSR count). The lowest BCUT2D eigenvalue weighted by atomic mass is 10.2. The molecule has 1 aromatic rings. The van der Waals surface area contributed by atoms with Gasteiger partial charge < -0.3 is 9.80 Å². The zero-order valence-corrected chi connectivity index (χ0v) is 11.6. The summed E-state index contributed by atoms with van der Waals surface area (Å²) >= 11 is 0. The summed E-state index contributed by atoms with van der Waals surface area (Å²) in [5.41, 5.74) is 7.02. The Morgan fingerprint density at radius 1 is 1.26 bits per heavy atom. The van der Waals surface area contributed by atoms with E-state index in [9.17, 15) is 4.79 Å². The standard InChI is InChI=1S/C14H22N4O/c1-17(2)10-11-18(12-6-4-3-5-7-12)14(19)13-8-9-15-16-13/h3-7,13,15-16H,8-11H2,1-2H3. The molecule has 1 unspecified atom stereocenters. The number of carbonyl (C=O) groups excluding carboxylic acids is 1. The first-order valence-corrected chi connectivity index (χ1v) is 6.68. The Labute approximate surface area is 114 Å². The number of carbonyl (C=O) groups is 1. The van der Waals surface area contributed by atoms with Crippen LogP contribution in [-0.2, 0) is 4.79 Å². The van der Waals surface area contributed by atoms with E-state index in [4.69, 9.17) is 0 Å². The minimum atomic E-state index is -0.123. The van der Waals surface area contributed by atoms with Crippen LogP contribution in [0.2, 0.25) is 0 Å². The van der Waals surface area contributed by atoms with Gasteiger partial charge >= 0.3 is 0 Å². The lowest BCUT2D eigenvalue weighted by molar-refractivity contribution is -0.120. The minimum absolute atomic E-state index is 0.123. The van der Waals surface area contributed by atoms with Crippen LogP contribution in [0.5, 0.6) is 0 Å². The summed E-state index contributed by atoms with van der Waals surface area (Å²) < 4.78 is 0. The Kier molecular flexibility index (Phi) is 4.90. The van der Waals surface area contributed by atoms with Gasteiger partial charge in [0, 0.05) is 25.3 Å².